The molecule has 5 nitrogen and oxygen atoms in total. The van der Waals surface area contributed by atoms with E-state index in [1.807, 2.05) is 56.6 Å². The number of carbonyl (C=O) groups is 1. The number of nitrogens with one attached hydrogen (secondary N) is 1. The molecule has 2 N–H and O–H groups in total. The van der Waals surface area contributed by atoms with E-state index in [4.69, 9.17) is 0 Å². The van der Waals surface area contributed by atoms with Gasteiger partial charge < -0.3 is 10.2 Å². The zero-order valence-electron chi connectivity index (χ0n) is 20.4. The number of fused-ring (bicyclic) bond motifs is 1. The van der Waals surface area contributed by atoms with Crippen molar-refractivity contribution >= 4 is 35.7 Å². The molecule has 0 unspecified atom stereocenters. The fourth-order valence-corrected chi connectivity index (χ4v) is 7.52. The molecule has 3 aromatic carbocycles. The van der Waals surface area contributed by atoms with E-state index in [2.05, 4.69) is 51.1 Å². The number of hydrogen-bond donors (Lipinski definition) is 2. The molecule has 0 spiro atoms. The lowest BCUT2D eigenvalue weighted by molar-refractivity contribution is 0.102. The summed E-state index contributed by atoms with van der Waals surface area (Å²) in [7, 11) is 1.69. The summed E-state index contributed by atoms with van der Waals surface area (Å²) in [5, 5.41) is 5.20. The zero-order valence-corrected chi connectivity index (χ0v) is 21.3. The number of rotatable bonds is 5. The molecular formula is C29H33N3O2P. The van der Waals surface area contributed by atoms with Crippen molar-refractivity contribution in [2.24, 2.45) is 0 Å². The minimum atomic E-state index is -2.32. The van der Waals surface area contributed by atoms with E-state index in [1.54, 1.807) is 0 Å². The Labute approximate surface area is 208 Å². The second-order valence-corrected chi connectivity index (χ2v) is 12.6. The van der Waals surface area contributed by atoms with Gasteiger partial charge in [0.25, 0.3) is 5.91 Å². The molecule has 1 fully saturated rings. The molecule has 3 aromatic rings. The van der Waals surface area contributed by atoms with Crippen molar-refractivity contribution in [1.29, 1.82) is 0 Å². The van der Waals surface area contributed by atoms with Gasteiger partial charge in [0.1, 0.15) is 7.79 Å². The predicted molar refractivity (Wildman–Crippen MR) is 147 cm³/mol. The van der Waals surface area contributed by atoms with E-state index < -0.39 is 7.79 Å². The maximum atomic E-state index is 13.0. The summed E-state index contributed by atoms with van der Waals surface area (Å²) in [6.07, 6.45) is 10.5. The number of amides is 1. The largest absolute Gasteiger partial charge is 0.353 e. The van der Waals surface area contributed by atoms with Gasteiger partial charge in [0.05, 0.1) is 0 Å². The van der Waals surface area contributed by atoms with Gasteiger partial charge in [-0.2, -0.15) is 0 Å². The first kappa shape index (κ1) is 23.9. The van der Waals surface area contributed by atoms with Gasteiger partial charge in [0.15, 0.2) is 0 Å². The molecular weight excluding hydrogens is 453 g/mol. The Bertz CT molecular complexity index is 1290. The predicted octanol–water partition coefficient (Wildman–Crippen LogP) is 6.35. The number of benzene rings is 3. The van der Waals surface area contributed by atoms with Crippen LogP contribution in [0.15, 0.2) is 78.9 Å². The van der Waals surface area contributed by atoms with Crippen LogP contribution in [0.3, 0.4) is 0 Å². The average Bonchev–Trinajstić information content (AvgIpc) is 2.88. The number of allylic oxidation sites excluding steroid dienone is 4. The number of hydrogen-bond acceptors (Lipinski definition) is 4. The summed E-state index contributed by atoms with van der Waals surface area (Å²) >= 11 is 0. The fourth-order valence-electron chi connectivity index (χ4n) is 4.89. The molecule has 2 aliphatic rings. The molecule has 1 heterocycles. The van der Waals surface area contributed by atoms with Crippen molar-refractivity contribution < 1.29 is 9.69 Å². The summed E-state index contributed by atoms with van der Waals surface area (Å²) < 4.78 is 4.22. The Morgan fingerprint density at radius 2 is 1.69 bits per heavy atom. The van der Waals surface area contributed by atoms with Crippen LogP contribution in [0.4, 0.5) is 5.69 Å². The highest BCUT2D eigenvalue weighted by molar-refractivity contribution is 7.64. The van der Waals surface area contributed by atoms with Crippen LogP contribution in [0.25, 0.3) is 16.3 Å². The smallest absolute Gasteiger partial charge is 0.255 e. The van der Waals surface area contributed by atoms with Crippen LogP contribution in [0.1, 0.15) is 40.7 Å². The van der Waals surface area contributed by atoms with E-state index in [1.165, 1.54) is 11.1 Å². The summed E-state index contributed by atoms with van der Waals surface area (Å²) in [5.74, 6) is -0.125. The Hall–Kier alpha value is -2.82. The monoisotopic (exact) mass is 486 g/mol. The second kappa shape index (κ2) is 10.0. The van der Waals surface area contributed by atoms with Crippen molar-refractivity contribution in [1.82, 2.24) is 9.34 Å². The van der Waals surface area contributed by atoms with Crippen LogP contribution in [0, 0.1) is 0 Å². The molecule has 181 valence electrons. The van der Waals surface area contributed by atoms with Crippen molar-refractivity contribution in [3.8, 4) is 0 Å². The second-order valence-electron chi connectivity index (χ2n) is 9.53. The van der Waals surface area contributed by atoms with Crippen LogP contribution >= 0.6 is 7.79 Å². The highest BCUT2D eigenvalue weighted by atomic mass is 31.2. The number of anilines is 1. The van der Waals surface area contributed by atoms with Gasteiger partial charge >= 0.3 is 0 Å². The summed E-state index contributed by atoms with van der Waals surface area (Å²) in [5.41, 5.74) is 4.88. The highest BCUT2D eigenvalue weighted by Crippen LogP contribution is 2.63. The molecule has 1 aliphatic carbocycles. The third-order valence-electron chi connectivity index (χ3n) is 7.09. The molecule has 0 atom stereocenters. The van der Waals surface area contributed by atoms with E-state index in [9.17, 15) is 9.69 Å². The van der Waals surface area contributed by atoms with E-state index >= 15 is 0 Å². The zero-order chi connectivity index (χ0) is 24.4. The SMILES string of the molecule is CN1CCCN(C)[P]1(O)Cc1ccc(NC(=O)c2ccc3ccc(C4=CCCC=C4)cc3c2)cc1. The Kier molecular flexibility index (Phi) is 6.86. The number of carbonyl (C=O) groups excluding carboxylic acids is 1. The molecule has 1 amide bonds. The van der Waals surface area contributed by atoms with Crippen LogP contribution in [0.5, 0.6) is 0 Å². The van der Waals surface area contributed by atoms with Gasteiger partial charge in [-0.3, -0.25) is 14.1 Å². The van der Waals surface area contributed by atoms with Gasteiger partial charge in [-0.15, -0.1) is 0 Å². The topological polar surface area (TPSA) is 55.8 Å². The summed E-state index contributed by atoms with van der Waals surface area (Å²) in [6, 6.07) is 20.1. The van der Waals surface area contributed by atoms with E-state index in [0.717, 1.165) is 54.4 Å². The normalized spacial score (nSPS) is 18.4. The summed E-state index contributed by atoms with van der Waals surface area (Å²) in [6.45, 7) is 1.84. The van der Waals surface area contributed by atoms with Crippen LogP contribution in [0.2, 0.25) is 0 Å². The number of nitrogens with zero attached hydrogens (tertiary/aromatic N) is 2. The first-order valence-corrected chi connectivity index (χ1v) is 14.1. The van der Waals surface area contributed by atoms with Gasteiger partial charge in [0, 0.05) is 30.5 Å². The molecule has 6 heteroatoms. The Balaban J connectivity index is 1.29. The van der Waals surface area contributed by atoms with Gasteiger partial charge in [-0.05, 0) is 91.2 Å². The maximum absolute atomic E-state index is 13.0. The fraction of sp³-hybridized carbons (Fsp3) is 0.276. The molecule has 1 radical (unpaired) electrons. The third kappa shape index (κ3) is 5.10. The van der Waals surface area contributed by atoms with E-state index in [0.29, 0.717) is 11.7 Å². The lowest BCUT2D eigenvalue weighted by atomic mass is 9.96. The van der Waals surface area contributed by atoms with Crippen LogP contribution < -0.4 is 5.32 Å². The first-order valence-electron chi connectivity index (χ1n) is 12.3. The van der Waals surface area contributed by atoms with Gasteiger partial charge in [0.2, 0.25) is 0 Å². The Morgan fingerprint density at radius 3 is 2.40 bits per heavy atom. The highest BCUT2D eigenvalue weighted by Gasteiger charge is 2.37. The molecule has 1 aliphatic heterocycles. The van der Waals surface area contributed by atoms with Crippen molar-refractivity contribution in [3.63, 3.8) is 0 Å². The lowest BCUT2D eigenvalue weighted by Gasteiger charge is -2.48. The van der Waals surface area contributed by atoms with Crippen LogP contribution in [-0.4, -0.2) is 47.3 Å². The van der Waals surface area contributed by atoms with E-state index in [-0.39, 0.29) is 5.91 Å². The minimum Gasteiger partial charge on any atom is -0.353 e. The average molecular weight is 487 g/mol. The third-order valence-corrected chi connectivity index (χ3v) is 10.5. The first-order chi connectivity index (χ1) is 16.9. The van der Waals surface area contributed by atoms with Gasteiger partial charge in [-0.1, -0.05) is 48.6 Å². The molecule has 1 saturated heterocycles. The minimum absolute atomic E-state index is 0.125. The standard InChI is InChI=1S/C29H33N3O2P/c1-31-17-6-18-32(2)35(31,34)21-22-9-15-28(16-10-22)30-29(33)26-14-12-24-11-13-25(19-27(24)20-26)23-7-4-3-5-8-23/h4,7-16,19-20,34H,3,5-6,17-18,21H2,1-2H3,(H,30,33). The summed E-state index contributed by atoms with van der Waals surface area (Å²) in [4.78, 5) is 24.3. The molecule has 5 rings (SSSR count). The quantitative estimate of drug-likeness (QED) is 0.413. The van der Waals surface area contributed by atoms with Crippen molar-refractivity contribution in [2.75, 3.05) is 32.5 Å². The van der Waals surface area contributed by atoms with Crippen molar-refractivity contribution in [3.05, 3.63) is 95.6 Å². The maximum Gasteiger partial charge on any atom is 0.255 e. The van der Waals surface area contributed by atoms with Crippen LogP contribution in [-0.2, 0) is 6.16 Å². The molecule has 35 heavy (non-hydrogen) atoms. The molecule has 0 bridgehead atoms. The lowest BCUT2D eigenvalue weighted by Crippen LogP contribution is -2.39. The Morgan fingerprint density at radius 1 is 0.943 bits per heavy atom. The molecule has 0 saturated carbocycles. The van der Waals surface area contributed by atoms with Crippen molar-refractivity contribution in [2.45, 2.75) is 25.4 Å². The molecule has 0 aromatic heterocycles. The van der Waals surface area contributed by atoms with Gasteiger partial charge in [-0.25, -0.2) is 0 Å².